The number of nitrogens with zero attached hydrogens (tertiary/aromatic N) is 1. The fourth-order valence-electron chi connectivity index (χ4n) is 2.47. The van der Waals surface area contributed by atoms with Crippen LogP contribution in [-0.2, 0) is 14.5 Å². The molecule has 0 saturated carbocycles. The van der Waals surface area contributed by atoms with E-state index < -0.39 is 9.73 Å². The minimum atomic E-state index is -1.82. The standard InChI is InChI=1S/C10H19NO2S/c1-11-14(12)8-4-10(5-9-14)2-6-13-7-3-10/h2-9H2,1H3. The fourth-order valence-corrected chi connectivity index (χ4v) is 4.54. The molecule has 0 aromatic carbocycles. The largest absolute Gasteiger partial charge is 0.381 e. The molecule has 2 fully saturated rings. The Morgan fingerprint density at radius 1 is 1.14 bits per heavy atom. The lowest BCUT2D eigenvalue weighted by molar-refractivity contribution is 0.00984. The van der Waals surface area contributed by atoms with Gasteiger partial charge in [0, 0.05) is 41.5 Å². The maximum atomic E-state index is 12.0. The molecule has 0 aromatic rings. The van der Waals surface area contributed by atoms with Crippen molar-refractivity contribution in [2.75, 3.05) is 31.8 Å². The minimum Gasteiger partial charge on any atom is -0.381 e. The Labute approximate surface area is 86.4 Å². The Kier molecular flexibility index (Phi) is 2.84. The topological polar surface area (TPSA) is 38.7 Å². The van der Waals surface area contributed by atoms with Gasteiger partial charge in [-0.2, -0.15) is 0 Å². The van der Waals surface area contributed by atoms with Crippen LogP contribution in [0.4, 0.5) is 0 Å². The van der Waals surface area contributed by atoms with Crippen LogP contribution in [-0.4, -0.2) is 36.0 Å². The zero-order valence-corrected chi connectivity index (χ0v) is 9.65. The lowest BCUT2D eigenvalue weighted by Crippen LogP contribution is -2.37. The smallest absolute Gasteiger partial charge is 0.0471 e. The Morgan fingerprint density at radius 3 is 2.21 bits per heavy atom. The van der Waals surface area contributed by atoms with Crippen molar-refractivity contribution in [3.8, 4) is 0 Å². The summed E-state index contributed by atoms with van der Waals surface area (Å²) in [6.07, 6.45) is 4.50. The number of hydrogen-bond acceptors (Lipinski definition) is 3. The van der Waals surface area contributed by atoms with E-state index in [2.05, 4.69) is 4.36 Å². The molecule has 14 heavy (non-hydrogen) atoms. The molecule has 2 heterocycles. The van der Waals surface area contributed by atoms with Gasteiger partial charge in [0.1, 0.15) is 0 Å². The molecule has 2 aliphatic heterocycles. The monoisotopic (exact) mass is 217 g/mol. The molecule has 0 bridgehead atoms. The van der Waals surface area contributed by atoms with E-state index in [4.69, 9.17) is 4.74 Å². The number of rotatable bonds is 0. The summed E-state index contributed by atoms with van der Waals surface area (Å²) in [7, 11) is -0.121. The predicted molar refractivity (Wildman–Crippen MR) is 57.9 cm³/mol. The van der Waals surface area contributed by atoms with Gasteiger partial charge in [0.2, 0.25) is 0 Å². The fraction of sp³-hybridized carbons (Fsp3) is 1.00. The molecule has 0 N–H and O–H groups in total. The first-order chi connectivity index (χ1) is 6.68. The Balaban J connectivity index is 2.04. The van der Waals surface area contributed by atoms with Gasteiger partial charge in [-0.05, 0) is 31.1 Å². The van der Waals surface area contributed by atoms with E-state index in [1.165, 1.54) is 0 Å². The maximum absolute atomic E-state index is 12.0. The number of ether oxygens (including phenoxy) is 1. The summed E-state index contributed by atoms with van der Waals surface area (Å²) in [5, 5.41) is 0. The van der Waals surface area contributed by atoms with E-state index in [0.717, 1.165) is 50.4 Å². The molecule has 2 aliphatic rings. The van der Waals surface area contributed by atoms with Gasteiger partial charge in [0.15, 0.2) is 0 Å². The summed E-state index contributed by atoms with van der Waals surface area (Å²) in [4.78, 5) is 0. The van der Waals surface area contributed by atoms with Crippen LogP contribution in [0.1, 0.15) is 25.7 Å². The minimum absolute atomic E-state index is 0.448. The number of hydrogen-bond donors (Lipinski definition) is 0. The molecule has 2 saturated heterocycles. The molecule has 0 unspecified atom stereocenters. The highest BCUT2D eigenvalue weighted by atomic mass is 32.2. The lowest BCUT2D eigenvalue weighted by Gasteiger charge is -2.40. The van der Waals surface area contributed by atoms with E-state index in [1.54, 1.807) is 7.05 Å². The van der Waals surface area contributed by atoms with Gasteiger partial charge in [0.25, 0.3) is 0 Å². The molecule has 4 heteroatoms. The molecule has 0 atom stereocenters. The van der Waals surface area contributed by atoms with Crippen LogP contribution >= 0.6 is 0 Å². The molecule has 0 aliphatic carbocycles. The van der Waals surface area contributed by atoms with E-state index in [9.17, 15) is 4.21 Å². The highest BCUT2D eigenvalue weighted by Crippen LogP contribution is 2.41. The molecular formula is C10H19NO2S. The second kappa shape index (κ2) is 3.81. The zero-order valence-electron chi connectivity index (χ0n) is 8.83. The molecule has 2 rings (SSSR count). The van der Waals surface area contributed by atoms with Crippen LogP contribution in [0.15, 0.2) is 4.36 Å². The first kappa shape index (κ1) is 10.4. The summed E-state index contributed by atoms with van der Waals surface area (Å²) in [6.45, 7) is 1.79. The molecule has 1 spiro atoms. The second-order valence-corrected chi connectivity index (χ2v) is 7.20. The van der Waals surface area contributed by atoms with Gasteiger partial charge in [-0.25, -0.2) is 8.57 Å². The van der Waals surface area contributed by atoms with Crippen molar-refractivity contribution in [3.05, 3.63) is 0 Å². The Bertz CT molecular complexity index is 296. The van der Waals surface area contributed by atoms with Gasteiger partial charge in [-0.15, -0.1) is 0 Å². The average Bonchev–Trinajstić information content (AvgIpc) is 2.25. The van der Waals surface area contributed by atoms with Gasteiger partial charge < -0.3 is 4.74 Å². The van der Waals surface area contributed by atoms with Crippen molar-refractivity contribution in [1.29, 1.82) is 0 Å². The van der Waals surface area contributed by atoms with E-state index in [-0.39, 0.29) is 0 Å². The second-order valence-electron chi connectivity index (χ2n) is 4.48. The van der Waals surface area contributed by atoms with Crippen LogP contribution in [0, 0.1) is 5.41 Å². The molecule has 0 aromatic heterocycles. The third kappa shape index (κ3) is 1.96. The van der Waals surface area contributed by atoms with Gasteiger partial charge >= 0.3 is 0 Å². The highest BCUT2D eigenvalue weighted by molar-refractivity contribution is 7.93. The van der Waals surface area contributed by atoms with Crippen LogP contribution in [0.3, 0.4) is 0 Å². The maximum Gasteiger partial charge on any atom is 0.0471 e. The SMILES string of the molecule is CN=S1(=O)CCC2(CCOCC2)CC1. The Morgan fingerprint density at radius 2 is 1.71 bits per heavy atom. The summed E-state index contributed by atoms with van der Waals surface area (Å²) in [6, 6.07) is 0. The predicted octanol–water partition coefficient (Wildman–Crippen LogP) is 1.67. The molecule has 3 nitrogen and oxygen atoms in total. The molecule has 0 amide bonds. The van der Waals surface area contributed by atoms with Crippen LogP contribution in [0.2, 0.25) is 0 Å². The van der Waals surface area contributed by atoms with Crippen LogP contribution in [0.25, 0.3) is 0 Å². The summed E-state index contributed by atoms with van der Waals surface area (Å²) in [5.74, 6) is 1.62. The van der Waals surface area contributed by atoms with Crippen LogP contribution < -0.4 is 0 Å². The Hall–Kier alpha value is -0.0900. The highest BCUT2D eigenvalue weighted by Gasteiger charge is 2.37. The van der Waals surface area contributed by atoms with Gasteiger partial charge in [-0.1, -0.05) is 0 Å². The normalized spacial score (nSPS) is 30.1. The third-order valence-electron chi connectivity index (χ3n) is 3.79. The first-order valence-corrected chi connectivity index (χ1v) is 7.22. The first-order valence-electron chi connectivity index (χ1n) is 5.37. The summed E-state index contributed by atoms with van der Waals surface area (Å²) in [5.41, 5.74) is 0.448. The van der Waals surface area contributed by atoms with Crippen molar-refractivity contribution in [1.82, 2.24) is 0 Å². The summed E-state index contributed by atoms with van der Waals surface area (Å²) < 4.78 is 21.4. The van der Waals surface area contributed by atoms with E-state index >= 15 is 0 Å². The third-order valence-corrected chi connectivity index (χ3v) is 6.14. The van der Waals surface area contributed by atoms with Crippen molar-refractivity contribution in [2.24, 2.45) is 9.78 Å². The van der Waals surface area contributed by atoms with Gasteiger partial charge in [-0.3, -0.25) is 0 Å². The van der Waals surface area contributed by atoms with E-state index in [1.807, 2.05) is 0 Å². The van der Waals surface area contributed by atoms with Gasteiger partial charge in [0.05, 0.1) is 0 Å². The summed E-state index contributed by atoms with van der Waals surface area (Å²) >= 11 is 0. The van der Waals surface area contributed by atoms with E-state index in [0.29, 0.717) is 5.41 Å². The average molecular weight is 217 g/mol. The molecular weight excluding hydrogens is 198 g/mol. The van der Waals surface area contributed by atoms with Crippen molar-refractivity contribution in [2.45, 2.75) is 25.7 Å². The van der Waals surface area contributed by atoms with Crippen molar-refractivity contribution in [3.63, 3.8) is 0 Å². The molecule has 0 radical (unpaired) electrons. The van der Waals surface area contributed by atoms with Crippen molar-refractivity contribution < 1.29 is 8.95 Å². The molecule has 82 valence electrons. The lowest BCUT2D eigenvalue weighted by atomic mass is 9.75. The van der Waals surface area contributed by atoms with Crippen LogP contribution in [0.5, 0.6) is 0 Å². The van der Waals surface area contributed by atoms with Crippen molar-refractivity contribution >= 4 is 9.73 Å². The quantitative estimate of drug-likeness (QED) is 0.619. The zero-order chi connectivity index (χ0) is 10.1.